The van der Waals surface area contributed by atoms with Crippen molar-refractivity contribution in [2.75, 3.05) is 25.0 Å². The molecule has 3 heterocycles. The number of hydrogen-bond acceptors (Lipinski definition) is 5. The number of rotatable bonds is 5. The summed E-state index contributed by atoms with van der Waals surface area (Å²) < 4.78 is 1.79. The number of likely N-dealkylation sites (tertiary alicyclic amines) is 1. The van der Waals surface area contributed by atoms with Gasteiger partial charge in [-0.2, -0.15) is 9.61 Å². The lowest BCUT2D eigenvalue weighted by molar-refractivity contribution is -0.143. The molecule has 38 heavy (non-hydrogen) atoms. The van der Waals surface area contributed by atoms with Crippen LogP contribution in [0.4, 0.5) is 11.5 Å². The number of piperidine rings is 1. The Balaban J connectivity index is 1.54. The zero-order valence-electron chi connectivity index (χ0n) is 23.2. The molecule has 2 aliphatic rings. The highest BCUT2D eigenvalue weighted by Gasteiger charge is 2.31. The van der Waals surface area contributed by atoms with Gasteiger partial charge in [0.1, 0.15) is 5.82 Å². The third-order valence-corrected chi connectivity index (χ3v) is 8.65. The van der Waals surface area contributed by atoms with Crippen LogP contribution in [-0.4, -0.2) is 56.6 Å². The molecule has 0 unspecified atom stereocenters. The van der Waals surface area contributed by atoms with Gasteiger partial charge in [-0.15, -0.1) is 0 Å². The second-order valence-electron chi connectivity index (χ2n) is 12.0. The second kappa shape index (κ2) is 10.0. The fraction of sp³-hybridized carbons (Fsp3) is 0.533. The Labute approximate surface area is 224 Å². The van der Waals surface area contributed by atoms with Gasteiger partial charge in [-0.3, -0.25) is 9.59 Å². The monoisotopic (exact) mass is 517 g/mol. The number of anilines is 2. The van der Waals surface area contributed by atoms with Crippen LogP contribution in [-0.2, 0) is 4.79 Å². The molecule has 1 N–H and O–H groups in total. The zero-order valence-corrected chi connectivity index (χ0v) is 23.2. The number of carbonyl (C=O) groups excluding carboxylic acids is 1. The van der Waals surface area contributed by atoms with E-state index in [1.54, 1.807) is 15.5 Å². The standard InChI is InChI=1S/C30H39N5O3/c1-19-7-6-8-20(2)27(19)33(5)26-18-23(21-9-13-30(3,4)14-10-21)31-25-17-24(32-35(25)26)28(36)34-15-11-22(12-16-34)29(37)38/h6-8,17-18,21-22H,9-16H2,1-5H3,(H,37,38). The van der Waals surface area contributed by atoms with Gasteiger partial charge < -0.3 is 14.9 Å². The summed E-state index contributed by atoms with van der Waals surface area (Å²) in [4.78, 5) is 33.7. The SMILES string of the molecule is Cc1cccc(C)c1N(C)c1cc(C2CCC(C)(C)CC2)nc2cc(C(=O)N3CCC(C(=O)O)CC3)nn12. The normalized spacial score (nSPS) is 18.6. The molecular formula is C30H39N5O3. The van der Waals surface area contributed by atoms with Crippen molar-refractivity contribution >= 4 is 29.0 Å². The number of amides is 1. The van der Waals surface area contributed by atoms with Crippen LogP contribution >= 0.6 is 0 Å². The molecule has 1 saturated heterocycles. The van der Waals surface area contributed by atoms with E-state index >= 15 is 0 Å². The number of para-hydroxylation sites is 1. The summed E-state index contributed by atoms with van der Waals surface area (Å²) in [6.45, 7) is 9.76. The van der Waals surface area contributed by atoms with Crippen LogP contribution in [0.1, 0.15) is 85.6 Å². The molecule has 1 aromatic carbocycles. The van der Waals surface area contributed by atoms with E-state index in [1.807, 2.05) is 0 Å². The number of aryl methyl sites for hydroxylation is 2. The molecule has 3 aromatic rings. The molecule has 1 aliphatic carbocycles. The third kappa shape index (κ3) is 5.00. The van der Waals surface area contributed by atoms with Crippen molar-refractivity contribution in [3.05, 3.63) is 52.8 Å². The topological polar surface area (TPSA) is 91.0 Å². The second-order valence-corrected chi connectivity index (χ2v) is 12.0. The molecule has 0 atom stereocenters. The summed E-state index contributed by atoms with van der Waals surface area (Å²) in [5, 5.41) is 14.1. The van der Waals surface area contributed by atoms with Gasteiger partial charge >= 0.3 is 5.97 Å². The van der Waals surface area contributed by atoms with Crippen molar-refractivity contribution in [2.45, 2.75) is 72.1 Å². The van der Waals surface area contributed by atoms with Gasteiger partial charge in [-0.05, 0) is 68.9 Å². The van der Waals surface area contributed by atoms with E-state index in [1.165, 1.54) is 24.0 Å². The fourth-order valence-electron chi connectivity index (χ4n) is 6.17. The van der Waals surface area contributed by atoms with E-state index in [0.717, 1.165) is 30.0 Å². The summed E-state index contributed by atoms with van der Waals surface area (Å²) in [5.41, 5.74) is 5.90. The van der Waals surface area contributed by atoms with Gasteiger partial charge in [0.15, 0.2) is 11.3 Å². The summed E-state index contributed by atoms with van der Waals surface area (Å²) in [5.74, 6) is -0.0756. The van der Waals surface area contributed by atoms with Crippen LogP contribution in [0.5, 0.6) is 0 Å². The van der Waals surface area contributed by atoms with Gasteiger partial charge in [0.25, 0.3) is 5.91 Å². The minimum absolute atomic E-state index is 0.166. The van der Waals surface area contributed by atoms with E-state index in [9.17, 15) is 14.7 Å². The molecule has 2 fully saturated rings. The maximum absolute atomic E-state index is 13.4. The molecule has 8 heteroatoms. The molecule has 5 rings (SSSR count). The number of fused-ring (bicyclic) bond motifs is 1. The van der Waals surface area contributed by atoms with Gasteiger partial charge in [0, 0.05) is 49.6 Å². The Bertz CT molecular complexity index is 1340. The van der Waals surface area contributed by atoms with Crippen LogP contribution in [0.15, 0.2) is 30.3 Å². The van der Waals surface area contributed by atoms with Crippen LogP contribution in [0.25, 0.3) is 5.65 Å². The van der Waals surface area contributed by atoms with Crippen LogP contribution in [0.2, 0.25) is 0 Å². The number of nitrogens with zero attached hydrogens (tertiary/aromatic N) is 5. The van der Waals surface area contributed by atoms with Crippen molar-refractivity contribution in [3.8, 4) is 0 Å². The molecule has 1 saturated carbocycles. The van der Waals surface area contributed by atoms with E-state index in [2.05, 4.69) is 63.9 Å². The van der Waals surface area contributed by atoms with Crippen molar-refractivity contribution < 1.29 is 14.7 Å². The summed E-state index contributed by atoms with van der Waals surface area (Å²) in [7, 11) is 2.05. The van der Waals surface area contributed by atoms with Gasteiger partial charge in [0.05, 0.1) is 5.92 Å². The van der Waals surface area contributed by atoms with Crippen molar-refractivity contribution in [1.29, 1.82) is 0 Å². The van der Waals surface area contributed by atoms with Crippen LogP contribution in [0, 0.1) is 25.2 Å². The Kier molecular flexibility index (Phi) is 6.92. The van der Waals surface area contributed by atoms with E-state index in [0.29, 0.717) is 48.6 Å². The van der Waals surface area contributed by atoms with Gasteiger partial charge in [-0.25, -0.2) is 4.98 Å². The first-order chi connectivity index (χ1) is 18.0. The lowest BCUT2D eigenvalue weighted by Gasteiger charge is -2.34. The maximum atomic E-state index is 13.4. The van der Waals surface area contributed by atoms with E-state index < -0.39 is 5.97 Å². The Morgan fingerprint density at radius 1 is 1.03 bits per heavy atom. The summed E-state index contributed by atoms with van der Waals surface area (Å²) in [6, 6.07) is 10.2. The summed E-state index contributed by atoms with van der Waals surface area (Å²) >= 11 is 0. The number of carbonyl (C=O) groups is 2. The highest BCUT2D eigenvalue weighted by atomic mass is 16.4. The van der Waals surface area contributed by atoms with Crippen molar-refractivity contribution in [2.24, 2.45) is 11.3 Å². The van der Waals surface area contributed by atoms with Gasteiger partial charge in [0.2, 0.25) is 0 Å². The van der Waals surface area contributed by atoms with Gasteiger partial charge in [-0.1, -0.05) is 32.0 Å². The number of hydrogen-bond donors (Lipinski definition) is 1. The predicted octanol–water partition coefficient (Wildman–Crippen LogP) is 5.73. The lowest BCUT2D eigenvalue weighted by atomic mass is 9.72. The fourth-order valence-corrected chi connectivity index (χ4v) is 6.17. The highest BCUT2D eigenvalue weighted by Crippen LogP contribution is 2.43. The highest BCUT2D eigenvalue weighted by molar-refractivity contribution is 5.93. The maximum Gasteiger partial charge on any atom is 0.306 e. The third-order valence-electron chi connectivity index (χ3n) is 8.65. The molecule has 0 radical (unpaired) electrons. The molecule has 1 amide bonds. The summed E-state index contributed by atoms with van der Waals surface area (Å²) in [6.07, 6.45) is 5.47. The number of aliphatic carboxylic acids is 1. The number of benzene rings is 1. The van der Waals surface area contributed by atoms with Crippen LogP contribution in [0.3, 0.4) is 0 Å². The first-order valence-corrected chi connectivity index (χ1v) is 13.8. The minimum atomic E-state index is -0.785. The zero-order chi connectivity index (χ0) is 27.2. The van der Waals surface area contributed by atoms with Crippen LogP contribution < -0.4 is 4.90 Å². The average Bonchev–Trinajstić information content (AvgIpc) is 3.32. The first kappa shape index (κ1) is 26.2. The minimum Gasteiger partial charge on any atom is -0.481 e. The Morgan fingerprint density at radius 3 is 2.26 bits per heavy atom. The molecule has 202 valence electrons. The Morgan fingerprint density at radius 2 is 1.66 bits per heavy atom. The molecule has 2 aromatic heterocycles. The molecule has 0 spiro atoms. The number of carboxylic acid groups (broad SMARTS) is 1. The smallest absolute Gasteiger partial charge is 0.306 e. The molecular weight excluding hydrogens is 478 g/mol. The average molecular weight is 518 g/mol. The van der Waals surface area contributed by atoms with E-state index in [-0.39, 0.29) is 11.8 Å². The Hall–Kier alpha value is -3.42. The number of carboxylic acids is 1. The van der Waals surface area contributed by atoms with Crippen molar-refractivity contribution in [1.82, 2.24) is 19.5 Å². The first-order valence-electron chi connectivity index (χ1n) is 13.8. The molecule has 1 aliphatic heterocycles. The largest absolute Gasteiger partial charge is 0.481 e. The quantitative estimate of drug-likeness (QED) is 0.464. The lowest BCUT2D eigenvalue weighted by Crippen LogP contribution is -2.40. The number of aromatic nitrogens is 3. The van der Waals surface area contributed by atoms with E-state index in [4.69, 9.17) is 10.1 Å². The molecule has 0 bridgehead atoms. The molecule has 8 nitrogen and oxygen atoms in total. The predicted molar refractivity (Wildman–Crippen MR) is 148 cm³/mol. The van der Waals surface area contributed by atoms with Crippen molar-refractivity contribution in [3.63, 3.8) is 0 Å².